The SMILES string of the molecule is Cc1[nH]c(C(C)C)nc1C#C[Si](C)(C)C. The Morgan fingerprint density at radius 1 is 1.27 bits per heavy atom. The van der Waals surface area contributed by atoms with Crippen LogP contribution in [0, 0.1) is 18.4 Å². The number of H-pyrrole nitrogens is 1. The van der Waals surface area contributed by atoms with E-state index < -0.39 is 8.07 Å². The first-order chi connectivity index (χ1) is 6.79. The Morgan fingerprint density at radius 2 is 1.87 bits per heavy atom. The molecule has 0 aliphatic heterocycles. The average Bonchev–Trinajstić information content (AvgIpc) is 2.42. The highest BCUT2D eigenvalue weighted by molar-refractivity contribution is 6.83. The molecule has 1 rings (SSSR count). The van der Waals surface area contributed by atoms with E-state index >= 15 is 0 Å². The lowest BCUT2D eigenvalue weighted by molar-refractivity contribution is 0.791. The van der Waals surface area contributed by atoms with E-state index in [0.29, 0.717) is 5.92 Å². The fourth-order valence-corrected chi connectivity index (χ4v) is 1.62. The van der Waals surface area contributed by atoms with Gasteiger partial charge in [0, 0.05) is 11.6 Å². The summed E-state index contributed by atoms with van der Waals surface area (Å²) in [6, 6.07) is 0. The van der Waals surface area contributed by atoms with Crippen LogP contribution in [0.5, 0.6) is 0 Å². The fourth-order valence-electron chi connectivity index (χ4n) is 1.13. The average molecular weight is 220 g/mol. The van der Waals surface area contributed by atoms with E-state index in [4.69, 9.17) is 0 Å². The van der Waals surface area contributed by atoms with E-state index in [1.54, 1.807) is 0 Å². The maximum atomic E-state index is 4.51. The smallest absolute Gasteiger partial charge is 0.133 e. The molecule has 0 amide bonds. The lowest BCUT2D eigenvalue weighted by Crippen LogP contribution is -2.16. The molecule has 0 aliphatic rings. The Balaban J connectivity index is 3.00. The Kier molecular flexibility index (Phi) is 3.41. The van der Waals surface area contributed by atoms with Gasteiger partial charge in [0.1, 0.15) is 19.6 Å². The standard InChI is InChI=1S/C12H20N2Si/c1-9(2)12-13-10(3)11(14-12)7-8-15(4,5)6/h9H,1-6H3,(H,13,14). The number of nitrogens with zero attached hydrogens (tertiary/aromatic N) is 1. The van der Waals surface area contributed by atoms with Gasteiger partial charge in [-0.3, -0.25) is 0 Å². The molecule has 0 saturated carbocycles. The number of aromatic nitrogens is 2. The largest absolute Gasteiger partial charge is 0.345 e. The van der Waals surface area contributed by atoms with Gasteiger partial charge < -0.3 is 4.98 Å². The van der Waals surface area contributed by atoms with Crippen molar-refractivity contribution in [3.63, 3.8) is 0 Å². The summed E-state index contributed by atoms with van der Waals surface area (Å²) in [7, 11) is -1.30. The van der Waals surface area contributed by atoms with Gasteiger partial charge in [-0.1, -0.05) is 39.4 Å². The van der Waals surface area contributed by atoms with Crippen molar-refractivity contribution in [3.8, 4) is 11.5 Å². The summed E-state index contributed by atoms with van der Waals surface area (Å²) in [6.07, 6.45) is 0. The van der Waals surface area contributed by atoms with Crippen molar-refractivity contribution in [2.75, 3.05) is 0 Å². The predicted molar refractivity (Wildman–Crippen MR) is 67.6 cm³/mol. The second-order valence-electron chi connectivity index (χ2n) is 5.25. The van der Waals surface area contributed by atoms with E-state index in [0.717, 1.165) is 17.2 Å². The number of aromatic amines is 1. The summed E-state index contributed by atoms with van der Waals surface area (Å²) in [5.41, 5.74) is 5.34. The maximum absolute atomic E-state index is 4.51. The Hall–Kier alpha value is -1.01. The lowest BCUT2D eigenvalue weighted by Gasteiger charge is -2.02. The van der Waals surface area contributed by atoms with Gasteiger partial charge in [-0.15, -0.1) is 5.54 Å². The number of rotatable bonds is 1. The highest BCUT2D eigenvalue weighted by atomic mass is 28.3. The van der Waals surface area contributed by atoms with Crippen LogP contribution in [0.2, 0.25) is 19.6 Å². The monoisotopic (exact) mass is 220 g/mol. The second kappa shape index (κ2) is 4.24. The van der Waals surface area contributed by atoms with E-state index in [1.807, 2.05) is 6.92 Å². The van der Waals surface area contributed by atoms with Crippen LogP contribution < -0.4 is 0 Å². The first-order valence-electron chi connectivity index (χ1n) is 5.39. The molecule has 0 saturated heterocycles. The summed E-state index contributed by atoms with van der Waals surface area (Å²) in [5, 5.41) is 0. The molecule has 0 bridgehead atoms. The summed E-state index contributed by atoms with van der Waals surface area (Å²) in [4.78, 5) is 7.79. The van der Waals surface area contributed by atoms with Gasteiger partial charge in [-0.05, 0) is 6.92 Å². The number of aryl methyl sites for hydroxylation is 1. The minimum atomic E-state index is -1.30. The first-order valence-corrected chi connectivity index (χ1v) is 8.89. The molecule has 15 heavy (non-hydrogen) atoms. The van der Waals surface area contributed by atoms with Crippen molar-refractivity contribution in [2.45, 2.75) is 46.3 Å². The third-order valence-electron chi connectivity index (χ3n) is 2.01. The van der Waals surface area contributed by atoms with Crippen LogP contribution in [-0.4, -0.2) is 18.0 Å². The van der Waals surface area contributed by atoms with E-state index in [-0.39, 0.29) is 0 Å². The summed E-state index contributed by atoms with van der Waals surface area (Å²) in [6.45, 7) is 13.0. The molecule has 1 heterocycles. The summed E-state index contributed by atoms with van der Waals surface area (Å²) < 4.78 is 0. The van der Waals surface area contributed by atoms with Crippen LogP contribution in [0.4, 0.5) is 0 Å². The molecule has 0 aromatic carbocycles. The van der Waals surface area contributed by atoms with Crippen LogP contribution in [0.15, 0.2) is 0 Å². The molecule has 82 valence electrons. The molecule has 0 radical (unpaired) electrons. The molecular formula is C12H20N2Si. The van der Waals surface area contributed by atoms with E-state index in [9.17, 15) is 0 Å². The van der Waals surface area contributed by atoms with Crippen molar-refractivity contribution in [2.24, 2.45) is 0 Å². The number of hydrogen-bond acceptors (Lipinski definition) is 1. The van der Waals surface area contributed by atoms with Crippen molar-refractivity contribution < 1.29 is 0 Å². The third kappa shape index (κ3) is 3.56. The third-order valence-corrected chi connectivity index (χ3v) is 2.88. The zero-order valence-corrected chi connectivity index (χ0v) is 11.5. The van der Waals surface area contributed by atoms with Crippen LogP contribution in [-0.2, 0) is 0 Å². The molecule has 0 fully saturated rings. The molecule has 0 aliphatic carbocycles. The molecule has 0 atom stereocenters. The van der Waals surface area contributed by atoms with E-state index in [1.165, 1.54) is 0 Å². The maximum Gasteiger partial charge on any atom is 0.133 e. The topological polar surface area (TPSA) is 28.7 Å². The molecule has 1 N–H and O–H groups in total. The normalized spacial score (nSPS) is 11.4. The van der Waals surface area contributed by atoms with Crippen LogP contribution >= 0.6 is 0 Å². The van der Waals surface area contributed by atoms with Gasteiger partial charge in [0.15, 0.2) is 0 Å². The lowest BCUT2D eigenvalue weighted by atomic mass is 10.2. The van der Waals surface area contributed by atoms with Crippen molar-refractivity contribution >= 4 is 8.07 Å². The van der Waals surface area contributed by atoms with Crippen LogP contribution in [0.1, 0.15) is 37.0 Å². The minimum absolute atomic E-state index is 0.436. The van der Waals surface area contributed by atoms with E-state index in [2.05, 4.69) is 54.9 Å². The Bertz CT molecular complexity index is 399. The molecule has 0 unspecified atom stereocenters. The van der Waals surface area contributed by atoms with Gasteiger partial charge in [0.05, 0.1) is 0 Å². The zero-order valence-electron chi connectivity index (χ0n) is 10.5. The zero-order chi connectivity index (χ0) is 11.6. The van der Waals surface area contributed by atoms with Crippen molar-refractivity contribution in [1.82, 2.24) is 9.97 Å². The second-order valence-corrected chi connectivity index (χ2v) is 10.0. The summed E-state index contributed by atoms with van der Waals surface area (Å²) >= 11 is 0. The Morgan fingerprint density at radius 3 is 2.27 bits per heavy atom. The fraction of sp³-hybridized carbons (Fsp3) is 0.583. The first kappa shape index (κ1) is 12.1. The highest BCUT2D eigenvalue weighted by Crippen LogP contribution is 2.12. The predicted octanol–water partition coefficient (Wildman–Crippen LogP) is 3.07. The minimum Gasteiger partial charge on any atom is -0.345 e. The molecular weight excluding hydrogens is 200 g/mol. The molecule has 0 spiro atoms. The number of nitrogens with one attached hydrogen (secondary N) is 1. The van der Waals surface area contributed by atoms with Crippen LogP contribution in [0.3, 0.4) is 0 Å². The van der Waals surface area contributed by atoms with Crippen LogP contribution in [0.25, 0.3) is 0 Å². The highest BCUT2D eigenvalue weighted by Gasteiger charge is 2.10. The van der Waals surface area contributed by atoms with Gasteiger partial charge in [-0.2, -0.15) is 0 Å². The van der Waals surface area contributed by atoms with Gasteiger partial charge in [0.25, 0.3) is 0 Å². The number of hydrogen-bond donors (Lipinski definition) is 1. The molecule has 2 nitrogen and oxygen atoms in total. The van der Waals surface area contributed by atoms with Gasteiger partial charge in [0.2, 0.25) is 0 Å². The molecule has 1 aromatic heterocycles. The van der Waals surface area contributed by atoms with Gasteiger partial charge >= 0.3 is 0 Å². The summed E-state index contributed by atoms with van der Waals surface area (Å²) in [5.74, 6) is 4.67. The van der Waals surface area contributed by atoms with Gasteiger partial charge in [-0.25, -0.2) is 4.98 Å². The van der Waals surface area contributed by atoms with Crippen molar-refractivity contribution in [1.29, 1.82) is 0 Å². The molecule has 1 aromatic rings. The quantitative estimate of drug-likeness (QED) is 0.572. The Labute approximate surface area is 93.5 Å². The molecule has 3 heteroatoms. The van der Waals surface area contributed by atoms with Crippen molar-refractivity contribution in [3.05, 3.63) is 17.2 Å². The number of imidazole rings is 1.